The molecule has 0 bridgehead atoms. The molecule has 0 radical (unpaired) electrons. The van der Waals surface area contributed by atoms with E-state index in [4.69, 9.17) is 0 Å². The summed E-state index contributed by atoms with van der Waals surface area (Å²) in [7, 11) is 0. The monoisotopic (exact) mass is 473 g/mol. The Kier molecular flexibility index (Phi) is 12.5. The number of unbranched alkanes of at least 4 members (excludes halogenated alkanes) is 2. The quantitative estimate of drug-likeness (QED) is 0.276. The van der Waals surface area contributed by atoms with Crippen LogP contribution in [-0.4, -0.2) is 10.0 Å². The third-order valence-corrected chi connectivity index (χ3v) is 6.66. The molecular weight excluding hydrogens is 426 g/mol. The molecule has 0 aliphatic rings. The second-order valence-electron chi connectivity index (χ2n) is 9.71. The maximum atomic E-state index is 10.8. The van der Waals surface area contributed by atoms with E-state index in [1.807, 2.05) is 13.0 Å². The highest BCUT2D eigenvalue weighted by Crippen LogP contribution is 2.29. The molecule has 2 heteroatoms. The van der Waals surface area contributed by atoms with Gasteiger partial charge < -0.3 is 10.0 Å². The van der Waals surface area contributed by atoms with Gasteiger partial charge in [-0.3, -0.25) is 0 Å². The first kappa shape index (κ1) is 28.5. The first-order valence-corrected chi connectivity index (χ1v) is 13.6. The molecule has 0 aliphatic heterocycles. The van der Waals surface area contributed by atoms with Crippen molar-refractivity contribution in [2.24, 2.45) is 0 Å². The maximum absolute atomic E-state index is 10.8. The van der Waals surface area contributed by atoms with E-state index in [-0.39, 0.29) is 0 Å². The summed E-state index contributed by atoms with van der Waals surface area (Å²) in [6.07, 6.45) is 16.3. The van der Waals surface area contributed by atoms with Crippen molar-refractivity contribution in [3.63, 3.8) is 0 Å². The van der Waals surface area contributed by atoms with Gasteiger partial charge in [-0.2, -0.15) is 0 Å². The van der Waals surface area contributed by atoms with E-state index in [0.29, 0.717) is 5.75 Å². The molecule has 0 spiro atoms. The number of phenolic OH excluding ortho intramolecular Hbond substituents is 1. The number of rotatable bonds is 14. The summed E-state index contributed by atoms with van der Waals surface area (Å²) in [5.74, 6) is 0.371. The zero-order valence-corrected chi connectivity index (χ0v) is 23.0. The number of nitrogens with zero attached hydrogens (tertiary/aromatic N) is 1. The van der Waals surface area contributed by atoms with Crippen LogP contribution in [0.15, 0.2) is 66.0 Å². The van der Waals surface area contributed by atoms with Gasteiger partial charge in [-0.15, -0.1) is 0 Å². The zero-order chi connectivity index (χ0) is 25.6. The third-order valence-electron chi connectivity index (χ3n) is 6.66. The number of hydrogen-bond acceptors (Lipinski definition) is 2. The highest BCUT2D eigenvalue weighted by Gasteiger charge is 2.10. The standard InChI is InChI=1S/C33H47NO/c1-7-11-16-28(9-3)23-34(24-29(10-4)17-12-8-2)25-30-20-27(6)33(35)32(22-30)21-26(5)31-18-14-13-15-19-31/h13-15,18-24,35H,7-12,16-17,25H2,1-6H3. The van der Waals surface area contributed by atoms with Crippen molar-refractivity contribution in [1.82, 2.24) is 4.90 Å². The van der Waals surface area contributed by atoms with Crippen LogP contribution in [0.4, 0.5) is 0 Å². The Hall–Kier alpha value is -2.74. The van der Waals surface area contributed by atoms with Gasteiger partial charge in [0.25, 0.3) is 0 Å². The van der Waals surface area contributed by atoms with Crippen LogP contribution in [0.5, 0.6) is 5.75 Å². The van der Waals surface area contributed by atoms with Crippen LogP contribution in [0.3, 0.4) is 0 Å². The molecule has 2 nitrogen and oxygen atoms in total. The Morgan fingerprint density at radius 2 is 1.43 bits per heavy atom. The van der Waals surface area contributed by atoms with Crippen LogP contribution in [-0.2, 0) is 6.54 Å². The van der Waals surface area contributed by atoms with E-state index in [2.05, 4.69) is 94.4 Å². The molecule has 0 amide bonds. The van der Waals surface area contributed by atoms with Gasteiger partial charge in [0.15, 0.2) is 0 Å². The Morgan fingerprint density at radius 1 is 0.857 bits per heavy atom. The molecular formula is C33H47NO. The van der Waals surface area contributed by atoms with Crippen molar-refractivity contribution in [1.29, 1.82) is 0 Å². The molecule has 0 saturated carbocycles. The van der Waals surface area contributed by atoms with Crippen molar-refractivity contribution in [3.05, 3.63) is 88.3 Å². The van der Waals surface area contributed by atoms with E-state index in [1.54, 1.807) is 0 Å². The average molecular weight is 474 g/mol. The molecule has 190 valence electrons. The molecule has 0 atom stereocenters. The summed E-state index contributed by atoms with van der Waals surface area (Å²) in [6.45, 7) is 14.0. The third kappa shape index (κ3) is 9.43. The van der Waals surface area contributed by atoms with Gasteiger partial charge in [-0.05, 0) is 86.8 Å². The minimum absolute atomic E-state index is 0.371. The lowest BCUT2D eigenvalue weighted by Gasteiger charge is -2.21. The largest absolute Gasteiger partial charge is 0.507 e. The Labute approximate surface area is 215 Å². The fourth-order valence-electron chi connectivity index (χ4n) is 4.38. The fraction of sp³-hybridized carbons (Fsp3) is 0.455. The van der Waals surface area contributed by atoms with Crippen LogP contribution in [0.1, 0.15) is 108 Å². The van der Waals surface area contributed by atoms with Crippen LogP contribution in [0, 0.1) is 6.92 Å². The van der Waals surface area contributed by atoms with E-state index in [0.717, 1.165) is 48.9 Å². The fourth-order valence-corrected chi connectivity index (χ4v) is 4.38. The lowest BCUT2D eigenvalue weighted by Crippen LogP contribution is -2.12. The Bertz CT molecular complexity index is 971. The van der Waals surface area contributed by atoms with Gasteiger partial charge in [0.1, 0.15) is 5.75 Å². The van der Waals surface area contributed by atoms with Crippen molar-refractivity contribution in [2.45, 2.75) is 99.5 Å². The van der Waals surface area contributed by atoms with Crippen molar-refractivity contribution < 1.29 is 5.11 Å². The number of aryl methyl sites for hydroxylation is 1. The highest BCUT2D eigenvalue weighted by molar-refractivity contribution is 5.82. The maximum Gasteiger partial charge on any atom is 0.125 e. The normalized spacial score (nSPS) is 12.8. The minimum atomic E-state index is 0.371. The Morgan fingerprint density at radius 3 is 1.94 bits per heavy atom. The summed E-state index contributed by atoms with van der Waals surface area (Å²) < 4.78 is 0. The molecule has 35 heavy (non-hydrogen) atoms. The summed E-state index contributed by atoms with van der Waals surface area (Å²) in [4.78, 5) is 2.40. The van der Waals surface area contributed by atoms with Gasteiger partial charge in [0.05, 0.1) is 0 Å². The molecule has 1 N–H and O–H groups in total. The SMILES string of the molecule is CCCCC(=CN(C=C(CC)CCCC)Cc1cc(C)c(O)c(C=C(C)c2ccccc2)c1)CC. The summed E-state index contributed by atoms with van der Waals surface area (Å²) in [6, 6.07) is 14.7. The van der Waals surface area contributed by atoms with Gasteiger partial charge in [0.2, 0.25) is 0 Å². The van der Waals surface area contributed by atoms with Gasteiger partial charge in [-0.25, -0.2) is 0 Å². The number of phenols is 1. The molecule has 0 aromatic heterocycles. The molecule has 0 saturated heterocycles. The molecule has 0 unspecified atom stereocenters. The number of hydrogen-bond donors (Lipinski definition) is 1. The number of allylic oxidation sites excluding steroid dienone is 3. The highest BCUT2D eigenvalue weighted by atomic mass is 16.3. The summed E-state index contributed by atoms with van der Waals surface area (Å²) >= 11 is 0. The molecule has 0 aliphatic carbocycles. The average Bonchev–Trinajstić information content (AvgIpc) is 2.87. The van der Waals surface area contributed by atoms with Crippen LogP contribution < -0.4 is 0 Å². The lowest BCUT2D eigenvalue weighted by atomic mass is 9.99. The molecule has 2 rings (SSSR count). The van der Waals surface area contributed by atoms with Crippen molar-refractivity contribution >= 4 is 11.6 Å². The second-order valence-corrected chi connectivity index (χ2v) is 9.71. The van der Waals surface area contributed by atoms with Gasteiger partial charge >= 0.3 is 0 Å². The first-order chi connectivity index (χ1) is 16.9. The lowest BCUT2D eigenvalue weighted by molar-refractivity contribution is 0.465. The zero-order valence-electron chi connectivity index (χ0n) is 23.0. The van der Waals surface area contributed by atoms with Crippen LogP contribution in [0.2, 0.25) is 0 Å². The minimum Gasteiger partial charge on any atom is -0.507 e. The number of benzene rings is 2. The van der Waals surface area contributed by atoms with Crippen LogP contribution >= 0.6 is 0 Å². The number of aromatic hydroxyl groups is 1. The predicted octanol–water partition coefficient (Wildman–Crippen LogP) is 10.0. The van der Waals surface area contributed by atoms with E-state index in [1.165, 1.54) is 48.0 Å². The smallest absolute Gasteiger partial charge is 0.125 e. The first-order valence-electron chi connectivity index (χ1n) is 13.6. The van der Waals surface area contributed by atoms with Gasteiger partial charge in [0, 0.05) is 24.5 Å². The van der Waals surface area contributed by atoms with Crippen LogP contribution in [0.25, 0.3) is 11.6 Å². The molecule has 0 heterocycles. The molecule has 2 aromatic rings. The van der Waals surface area contributed by atoms with E-state index < -0.39 is 0 Å². The predicted molar refractivity (Wildman–Crippen MR) is 154 cm³/mol. The second kappa shape index (κ2) is 15.3. The molecule has 2 aromatic carbocycles. The summed E-state index contributed by atoms with van der Waals surface area (Å²) in [5, 5.41) is 10.8. The van der Waals surface area contributed by atoms with Gasteiger partial charge in [-0.1, -0.05) is 88.1 Å². The van der Waals surface area contributed by atoms with E-state index in [9.17, 15) is 5.11 Å². The molecule has 0 fully saturated rings. The topological polar surface area (TPSA) is 23.5 Å². The van der Waals surface area contributed by atoms with Crippen molar-refractivity contribution in [2.75, 3.05) is 0 Å². The van der Waals surface area contributed by atoms with E-state index >= 15 is 0 Å². The van der Waals surface area contributed by atoms with Crippen molar-refractivity contribution in [3.8, 4) is 5.75 Å². The summed E-state index contributed by atoms with van der Waals surface area (Å²) in [5.41, 5.74) is 8.36. The Balaban J connectivity index is 2.44.